The second-order valence-corrected chi connectivity index (χ2v) is 6.03. The molecule has 1 aliphatic heterocycles. The van der Waals surface area contributed by atoms with Crippen molar-refractivity contribution in [2.45, 2.75) is 25.9 Å². The van der Waals surface area contributed by atoms with Crippen LogP contribution in [0.1, 0.15) is 13.3 Å². The minimum absolute atomic E-state index is 0.131. The molecule has 2 unspecified atom stereocenters. The lowest BCUT2D eigenvalue weighted by Crippen LogP contribution is -2.48. The Labute approximate surface area is 127 Å². The van der Waals surface area contributed by atoms with Crippen molar-refractivity contribution in [3.05, 3.63) is 21.0 Å². The fourth-order valence-electron chi connectivity index (χ4n) is 2.33. The van der Waals surface area contributed by atoms with E-state index in [-0.39, 0.29) is 11.6 Å². The van der Waals surface area contributed by atoms with Gasteiger partial charge in [-0.2, -0.15) is 5.10 Å². The van der Waals surface area contributed by atoms with Gasteiger partial charge in [0.15, 0.2) is 0 Å². The van der Waals surface area contributed by atoms with E-state index < -0.39 is 0 Å². The summed E-state index contributed by atoms with van der Waals surface area (Å²) in [5.74, 6) is 0.514. The molecule has 2 rings (SSSR count). The lowest BCUT2D eigenvalue weighted by molar-refractivity contribution is 0.181. The van der Waals surface area contributed by atoms with Crippen molar-refractivity contribution >= 4 is 21.6 Å². The number of nitrogens with two attached hydrogens (primary N) is 1. The Kier molecular flexibility index (Phi) is 5.17. The first kappa shape index (κ1) is 15.5. The zero-order valence-corrected chi connectivity index (χ0v) is 13.5. The van der Waals surface area contributed by atoms with Gasteiger partial charge < -0.3 is 15.4 Å². The molecule has 0 bridgehead atoms. The first-order valence-electron chi connectivity index (χ1n) is 6.79. The van der Waals surface area contributed by atoms with Crippen LogP contribution in [-0.2, 0) is 11.3 Å². The summed E-state index contributed by atoms with van der Waals surface area (Å²) in [4.78, 5) is 14.4. The topological polar surface area (TPSA) is 73.4 Å². The van der Waals surface area contributed by atoms with Crippen LogP contribution in [0.4, 0.5) is 5.69 Å². The summed E-state index contributed by atoms with van der Waals surface area (Å²) in [6, 6.07) is 0.131. The van der Waals surface area contributed by atoms with Crippen molar-refractivity contribution in [3.8, 4) is 0 Å². The highest BCUT2D eigenvalue weighted by molar-refractivity contribution is 9.10. The molecule has 0 aliphatic carbocycles. The molecule has 0 amide bonds. The molecule has 0 radical (unpaired) electrons. The third-order valence-electron chi connectivity index (χ3n) is 3.83. The average molecular weight is 345 g/mol. The Morgan fingerprint density at radius 2 is 2.35 bits per heavy atom. The Morgan fingerprint density at radius 1 is 1.60 bits per heavy atom. The number of rotatable bonds is 4. The van der Waals surface area contributed by atoms with E-state index in [1.807, 2.05) is 0 Å². The van der Waals surface area contributed by atoms with Crippen molar-refractivity contribution in [3.63, 3.8) is 0 Å². The smallest absolute Gasteiger partial charge is 0.283 e. The highest BCUT2D eigenvalue weighted by atomic mass is 79.9. The van der Waals surface area contributed by atoms with E-state index in [1.165, 1.54) is 4.68 Å². The fourth-order valence-corrected chi connectivity index (χ4v) is 2.89. The highest BCUT2D eigenvalue weighted by Gasteiger charge is 2.25. The van der Waals surface area contributed by atoms with Crippen LogP contribution in [0.15, 0.2) is 15.5 Å². The molecule has 6 nitrogen and oxygen atoms in total. The van der Waals surface area contributed by atoms with Crippen LogP contribution in [-0.4, -0.2) is 42.6 Å². The summed E-state index contributed by atoms with van der Waals surface area (Å²) in [5.41, 5.74) is 6.80. The van der Waals surface area contributed by atoms with Gasteiger partial charge in [-0.3, -0.25) is 4.79 Å². The quantitative estimate of drug-likeness (QED) is 0.875. The van der Waals surface area contributed by atoms with Crippen molar-refractivity contribution in [1.82, 2.24) is 9.78 Å². The van der Waals surface area contributed by atoms with Gasteiger partial charge in [0.25, 0.3) is 5.56 Å². The van der Waals surface area contributed by atoms with Gasteiger partial charge in [-0.15, -0.1) is 0 Å². The predicted octanol–water partition coefficient (Wildman–Crippen LogP) is 0.826. The Bertz CT molecular complexity index is 520. The molecular weight excluding hydrogens is 324 g/mol. The van der Waals surface area contributed by atoms with Gasteiger partial charge >= 0.3 is 0 Å². The molecule has 7 heteroatoms. The van der Waals surface area contributed by atoms with Gasteiger partial charge in [-0.1, -0.05) is 6.92 Å². The van der Waals surface area contributed by atoms with Gasteiger partial charge in [-0.05, 0) is 28.3 Å². The zero-order chi connectivity index (χ0) is 14.7. The van der Waals surface area contributed by atoms with Crippen LogP contribution < -0.4 is 16.2 Å². The molecule has 2 heterocycles. The second-order valence-electron chi connectivity index (χ2n) is 5.24. The number of piperidine rings is 1. The molecule has 1 saturated heterocycles. The van der Waals surface area contributed by atoms with E-state index in [4.69, 9.17) is 10.5 Å². The van der Waals surface area contributed by atoms with E-state index >= 15 is 0 Å². The molecule has 0 aromatic carbocycles. The summed E-state index contributed by atoms with van der Waals surface area (Å²) in [5, 5.41) is 4.21. The van der Waals surface area contributed by atoms with Crippen LogP contribution in [0.5, 0.6) is 0 Å². The van der Waals surface area contributed by atoms with E-state index in [9.17, 15) is 4.79 Å². The van der Waals surface area contributed by atoms with E-state index in [1.54, 1.807) is 13.3 Å². The summed E-state index contributed by atoms with van der Waals surface area (Å²) >= 11 is 3.40. The van der Waals surface area contributed by atoms with Crippen molar-refractivity contribution < 1.29 is 4.74 Å². The molecule has 0 spiro atoms. The third kappa shape index (κ3) is 3.21. The molecule has 2 N–H and O–H groups in total. The molecule has 1 fully saturated rings. The van der Waals surface area contributed by atoms with Crippen molar-refractivity contribution in [2.75, 3.05) is 31.7 Å². The molecule has 2 atom stereocenters. The first-order valence-corrected chi connectivity index (χ1v) is 7.59. The summed E-state index contributed by atoms with van der Waals surface area (Å²) < 4.78 is 6.92. The van der Waals surface area contributed by atoms with Crippen LogP contribution in [0.25, 0.3) is 0 Å². The Morgan fingerprint density at radius 3 is 3.00 bits per heavy atom. The summed E-state index contributed by atoms with van der Waals surface area (Å²) in [6.45, 7) is 4.73. The number of halogens is 1. The number of aromatic nitrogens is 2. The maximum absolute atomic E-state index is 12.2. The van der Waals surface area contributed by atoms with E-state index in [2.05, 4.69) is 32.9 Å². The highest BCUT2D eigenvalue weighted by Crippen LogP contribution is 2.26. The van der Waals surface area contributed by atoms with Crippen LogP contribution in [0.3, 0.4) is 0 Å². The van der Waals surface area contributed by atoms with Crippen molar-refractivity contribution in [2.24, 2.45) is 11.7 Å². The van der Waals surface area contributed by atoms with Gasteiger partial charge in [0, 0.05) is 26.2 Å². The molecular formula is C13H21BrN4O2. The monoisotopic (exact) mass is 344 g/mol. The number of anilines is 1. The lowest BCUT2D eigenvalue weighted by atomic mass is 9.94. The molecule has 20 heavy (non-hydrogen) atoms. The van der Waals surface area contributed by atoms with Crippen molar-refractivity contribution in [1.29, 1.82) is 0 Å². The van der Waals surface area contributed by atoms with Gasteiger partial charge in [0.1, 0.15) is 4.47 Å². The van der Waals surface area contributed by atoms with Gasteiger partial charge in [0.2, 0.25) is 0 Å². The summed E-state index contributed by atoms with van der Waals surface area (Å²) in [7, 11) is 1.60. The van der Waals surface area contributed by atoms with Gasteiger partial charge in [-0.25, -0.2) is 4.68 Å². The minimum atomic E-state index is -0.133. The Hall–Kier alpha value is -0.920. The summed E-state index contributed by atoms with van der Waals surface area (Å²) in [6.07, 6.45) is 2.75. The molecule has 112 valence electrons. The number of ether oxygens (including phenoxy) is 1. The SMILES string of the molecule is COCCn1ncc(N2CCC(C)C(N)C2)c(Br)c1=O. The minimum Gasteiger partial charge on any atom is -0.383 e. The largest absolute Gasteiger partial charge is 0.383 e. The Balaban J connectivity index is 2.21. The van der Waals surface area contributed by atoms with E-state index in [0.29, 0.717) is 23.5 Å². The van der Waals surface area contributed by atoms with Gasteiger partial charge in [0.05, 0.1) is 25.0 Å². The molecule has 1 aromatic rings. The first-order chi connectivity index (χ1) is 9.54. The average Bonchev–Trinajstić information content (AvgIpc) is 2.44. The number of methoxy groups -OCH3 is 1. The normalized spacial score (nSPS) is 23.1. The van der Waals surface area contributed by atoms with E-state index in [0.717, 1.165) is 25.2 Å². The molecule has 1 aliphatic rings. The standard InChI is InChI=1S/C13H21BrN4O2/c1-9-3-4-17(8-10(9)15)11-7-16-18(5-6-20-2)13(19)12(11)14/h7,9-10H,3-6,8,15H2,1-2H3. The maximum Gasteiger partial charge on any atom is 0.283 e. The zero-order valence-electron chi connectivity index (χ0n) is 11.9. The third-order valence-corrected chi connectivity index (χ3v) is 4.58. The van der Waals surface area contributed by atoms with Crippen LogP contribution in [0.2, 0.25) is 0 Å². The van der Waals surface area contributed by atoms with Crippen LogP contribution >= 0.6 is 15.9 Å². The molecule has 1 aromatic heterocycles. The maximum atomic E-state index is 12.2. The van der Waals surface area contributed by atoms with Crippen LogP contribution in [0, 0.1) is 5.92 Å². The number of hydrogen-bond donors (Lipinski definition) is 1. The number of hydrogen-bond acceptors (Lipinski definition) is 5. The second kappa shape index (κ2) is 6.69. The molecule has 0 saturated carbocycles. The predicted molar refractivity (Wildman–Crippen MR) is 82.0 cm³/mol. The fraction of sp³-hybridized carbons (Fsp3) is 0.692. The number of nitrogens with zero attached hydrogens (tertiary/aromatic N) is 3. The lowest BCUT2D eigenvalue weighted by Gasteiger charge is -2.36.